The molecule has 8 heteroatoms. The maximum atomic E-state index is 13.0. The van der Waals surface area contributed by atoms with Crippen LogP contribution in [0.5, 0.6) is 0 Å². The average molecular weight is 514 g/mol. The number of carbonyl (C=O) groups excluding carboxylic acids is 2. The van der Waals surface area contributed by atoms with Crippen molar-refractivity contribution in [1.82, 2.24) is 4.31 Å². The van der Waals surface area contributed by atoms with Crippen LogP contribution in [0.4, 0.5) is 11.4 Å². The second-order valence-corrected chi connectivity index (χ2v) is 11.0. The van der Waals surface area contributed by atoms with Crippen molar-refractivity contribution in [2.75, 3.05) is 23.3 Å². The molecule has 1 N–H and O–H groups in total. The third-order valence-electron chi connectivity index (χ3n) is 6.53. The Bertz CT molecular complexity index is 1490. The number of para-hydroxylation sites is 1. The molecule has 0 spiro atoms. The number of amides is 2. The van der Waals surface area contributed by atoms with Gasteiger partial charge in [-0.3, -0.25) is 14.5 Å². The molecule has 0 saturated carbocycles. The van der Waals surface area contributed by atoms with E-state index in [0.717, 1.165) is 29.7 Å². The lowest BCUT2D eigenvalue weighted by molar-refractivity contribution is -0.113. The Morgan fingerprint density at radius 2 is 1.54 bits per heavy atom. The van der Waals surface area contributed by atoms with Gasteiger partial charge >= 0.3 is 0 Å². The topological polar surface area (TPSA) is 86.8 Å². The van der Waals surface area contributed by atoms with E-state index in [9.17, 15) is 18.0 Å². The van der Waals surface area contributed by atoms with Gasteiger partial charge in [-0.2, -0.15) is 4.31 Å². The number of benzene rings is 3. The van der Waals surface area contributed by atoms with Gasteiger partial charge < -0.3 is 5.32 Å². The zero-order valence-electron chi connectivity index (χ0n) is 20.4. The summed E-state index contributed by atoms with van der Waals surface area (Å²) in [4.78, 5) is 27.5. The Kier molecular flexibility index (Phi) is 6.78. The van der Waals surface area contributed by atoms with Crippen LogP contribution in [-0.2, 0) is 14.8 Å². The van der Waals surface area contributed by atoms with Gasteiger partial charge in [0.1, 0.15) is 0 Å². The van der Waals surface area contributed by atoms with Crippen molar-refractivity contribution in [3.8, 4) is 0 Å². The Balaban J connectivity index is 1.25. The number of hydrogen-bond donors (Lipinski definition) is 1. The molecular formula is C29H27N3O4S. The van der Waals surface area contributed by atoms with Crippen molar-refractivity contribution in [2.45, 2.75) is 24.7 Å². The van der Waals surface area contributed by atoms with E-state index in [4.69, 9.17) is 0 Å². The number of anilines is 2. The van der Waals surface area contributed by atoms with Crippen molar-refractivity contribution in [3.05, 3.63) is 107 Å². The van der Waals surface area contributed by atoms with Gasteiger partial charge in [0.05, 0.1) is 4.90 Å². The fourth-order valence-electron chi connectivity index (χ4n) is 4.46. The van der Waals surface area contributed by atoms with Gasteiger partial charge in [-0.25, -0.2) is 8.42 Å². The number of sulfonamides is 1. The molecule has 0 bridgehead atoms. The van der Waals surface area contributed by atoms with Crippen LogP contribution in [0.1, 0.15) is 35.7 Å². The number of nitrogens with one attached hydrogen (secondary N) is 1. The van der Waals surface area contributed by atoms with Crippen molar-refractivity contribution >= 4 is 39.3 Å². The fraction of sp³-hybridized carbons (Fsp3) is 0.172. The summed E-state index contributed by atoms with van der Waals surface area (Å²) >= 11 is 0. The van der Waals surface area contributed by atoms with Gasteiger partial charge in [0.25, 0.3) is 11.8 Å². The highest BCUT2D eigenvalue weighted by molar-refractivity contribution is 7.89. The third-order valence-corrected chi connectivity index (χ3v) is 8.44. The molecule has 0 aromatic heterocycles. The molecule has 2 aliphatic heterocycles. The lowest BCUT2D eigenvalue weighted by Gasteiger charge is -2.15. The Labute approximate surface area is 216 Å². The van der Waals surface area contributed by atoms with Crippen LogP contribution in [0.3, 0.4) is 0 Å². The first-order valence-corrected chi connectivity index (χ1v) is 13.6. The number of rotatable bonds is 6. The molecule has 37 heavy (non-hydrogen) atoms. The van der Waals surface area contributed by atoms with Gasteiger partial charge in [0, 0.05) is 41.8 Å². The van der Waals surface area contributed by atoms with Crippen molar-refractivity contribution < 1.29 is 18.0 Å². The summed E-state index contributed by atoms with van der Waals surface area (Å²) in [6, 6.07) is 22.7. The van der Waals surface area contributed by atoms with Crippen molar-refractivity contribution in [1.29, 1.82) is 0 Å². The molecule has 3 aromatic rings. The SMILES string of the molecule is CC1=CN(c2ccccc2)C(=O)C1=Cc1ccc(NC(=O)c2ccc(S(=O)(=O)N3CCCC3)cc2)cc1. The molecule has 3 aromatic carbocycles. The van der Waals surface area contributed by atoms with E-state index in [1.807, 2.05) is 61.7 Å². The molecule has 0 unspecified atom stereocenters. The molecule has 0 aliphatic carbocycles. The van der Waals surface area contributed by atoms with Crippen LogP contribution in [0.15, 0.2) is 101 Å². The monoisotopic (exact) mass is 513 g/mol. The maximum absolute atomic E-state index is 13.0. The Morgan fingerprint density at radius 1 is 0.892 bits per heavy atom. The van der Waals surface area contributed by atoms with E-state index in [-0.39, 0.29) is 16.7 Å². The summed E-state index contributed by atoms with van der Waals surface area (Å²) in [5, 5.41) is 2.83. The molecule has 1 fully saturated rings. The summed E-state index contributed by atoms with van der Waals surface area (Å²) in [5.41, 5.74) is 4.10. The fourth-order valence-corrected chi connectivity index (χ4v) is 5.98. The largest absolute Gasteiger partial charge is 0.322 e. The summed E-state index contributed by atoms with van der Waals surface area (Å²) < 4.78 is 26.9. The van der Waals surface area contributed by atoms with Gasteiger partial charge in [0.2, 0.25) is 10.0 Å². The minimum Gasteiger partial charge on any atom is -0.322 e. The van der Waals surface area contributed by atoms with E-state index >= 15 is 0 Å². The Morgan fingerprint density at radius 3 is 2.19 bits per heavy atom. The third kappa shape index (κ3) is 5.12. The predicted octanol–water partition coefficient (Wildman–Crippen LogP) is 5.06. The number of nitrogens with zero attached hydrogens (tertiary/aromatic N) is 2. The van der Waals surface area contributed by atoms with Crippen molar-refractivity contribution in [3.63, 3.8) is 0 Å². The zero-order chi connectivity index (χ0) is 26.0. The molecule has 2 aliphatic rings. The Hall–Kier alpha value is -4.01. The second-order valence-electron chi connectivity index (χ2n) is 9.09. The van der Waals surface area contributed by atoms with Crippen LogP contribution in [0.2, 0.25) is 0 Å². The highest BCUT2D eigenvalue weighted by atomic mass is 32.2. The first-order chi connectivity index (χ1) is 17.8. The molecule has 0 atom stereocenters. The minimum atomic E-state index is -3.52. The quantitative estimate of drug-likeness (QED) is 0.467. The summed E-state index contributed by atoms with van der Waals surface area (Å²) in [6.07, 6.45) is 5.41. The molecule has 5 rings (SSSR count). The van der Waals surface area contributed by atoms with E-state index in [1.54, 1.807) is 17.0 Å². The standard InChI is InChI=1S/C29H27N3O4S/c1-21-20-32(25-7-3-2-4-8-25)29(34)27(21)19-22-9-13-24(14-10-22)30-28(33)23-11-15-26(16-12-23)37(35,36)31-17-5-6-18-31/h2-4,7-16,19-20H,5-6,17-18H2,1H3,(H,30,33). The van der Waals surface area contributed by atoms with Crippen LogP contribution in [0.25, 0.3) is 6.08 Å². The highest BCUT2D eigenvalue weighted by Gasteiger charge is 2.28. The average Bonchev–Trinajstić information content (AvgIpc) is 3.56. The molecular weight excluding hydrogens is 486 g/mol. The van der Waals surface area contributed by atoms with Gasteiger partial charge in [0.15, 0.2) is 0 Å². The molecule has 7 nitrogen and oxygen atoms in total. The smallest absolute Gasteiger partial charge is 0.262 e. The first kappa shape index (κ1) is 24.7. The van der Waals surface area contributed by atoms with Gasteiger partial charge in [-0.05, 0) is 85.5 Å². The lowest BCUT2D eigenvalue weighted by atomic mass is 10.1. The van der Waals surface area contributed by atoms with E-state index in [1.165, 1.54) is 28.6 Å². The van der Waals surface area contributed by atoms with E-state index in [2.05, 4.69) is 5.32 Å². The normalized spacial score (nSPS) is 17.3. The minimum absolute atomic E-state index is 0.0868. The van der Waals surface area contributed by atoms with Gasteiger partial charge in [-0.15, -0.1) is 0 Å². The second kappa shape index (κ2) is 10.2. The van der Waals surface area contributed by atoms with Crippen LogP contribution in [-0.4, -0.2) is 37.6 Å². The summed E-state index contributed by atoms with van der Waals surface area (Å²) in [7, 11) is -3.52. The maximum Gasteiger partial charge on any atom is 0.262 e. The van der Waals surface area contributed by atoms with E-state index < -0.39 is 10.0 Å². The molecule has 188 valence electrons. The predicted molar refractivity (Wildman–Crippen MR) is 144 cm³/mol. The molecule has 0 radical (unpaired) electrons. The molecule has 2 amide bonds. The molecule has 1 saturated heterocycles. The first-order valence-electron chi connectivity index (χ1n) is 12.1. The van der Waals surface area contributed by atoms with Crippen molar-refractivity contribution in [2.24, 2.45) is 0 Å². The number of carbonyl (C=O) groups is 2. The van der Waals surface area contributed by atoms with Crippen LogP contribution in [0, 0.1) is 0 Å². The van der Waals surface area contributed by atoms with E-state index in [0.29, 0.717) is 29.9 Å². The zero-order valence-corrected chi connectivity index (χ0v) is 21.2. The summed E-state index contributed by atoms with van der Waals surface area (Å²) in [5.74, 6) is -0.421. The molecule has 2 heterocycles. The van der Waals surface area contributed by atoms with Gasteiger partial charge in [-0.1, -0.05) is 30.3 Å². The van der Waals surface area contributed by atoms with Crippen LogP contribution < -0.4 is 10.2 Å². The van der Waals surface area contributed by atoms with Crippen LogP contribution >= 0.6 is 0 Å². The number of hydrogen-bond acceptors (Lipinski definition) is 4. The highest BCUT2D eigenvalue weighted by Crippen LogP contribution is 2.29. The lowest BCUT2D eigenvalue weighted by Crippen LogP contribution is -2.27. The summed E-state index contributed by atoms with van der Waals surface area (Å²) in [6.45, 7) is 2.97.